The van der Waals surface area contributed by atoms with E-state index >= 15 is 0 Å². The van der Waals surface area contributed by atoms with Crippen LogP contribution in [-0.4, -0.2) is 13.1 Å². The highest BCUT2D eigenvalue weighted by Crippen LogP contribution is 2.19. The van der Waals surface area contributed by atoms with Gasteiger partial charge in [0.25, 0.3) is 0 Å². The second kappa shape index (κ2) is 5.36. The molecular formula is C10H21N. The van der Waals surface area contributed by atoms with E-state index < -0.39 is 0 Å². The average Bonchev–Trinajstić information content (AvgIpc) is 2.05. The number of hydrogen-bond acceptors (Lipinski definition) is 1. The Morgan fingerprint density at radius 2 is 2.00 bits per heavy atom. The van der Waals surface area contributed by atoms with E-state index in [1.807, 2.05) is 7.05 Å². The molecule has 0 spiro atoms. The third kappa shape index (κ3) is 3.06. The monoisotopic (exact) mass is 155 g/mol. The van der Waals surface area contributed by atoms with Crippen LogP contribution in [0.15, 0.2) is 12.2 Å². The van der Waals surface area contributed by atoms with Crippen LogP contribution in [0.2, 0.25) is 0 Å². The molecule has 1 heteroatoms. The van der Waals surface area contributed by atoms with Crippen molar-refractivity contribution in [3.05, 3.63) is 12.2 Å². The third-order valence-corrected chi connectivity index (χ3v) is 2.48. The van der Waals surface area contributed by atoms with Crippen LogP contribution in [0.3, 0.4) is 0 Å². The van der Waals surface area contributed by atoms with Crippen molar-refractivity contribution in [1.82, 2.24) is 5.32 Å². The van der Waals surface area contributed by atoms with Gasteiger partial charge in [0.15, 0.2) is 0 Å². The lowest BCUT2D eigenvalue weighted by molar-refractivity contribution is 0.429. The SMILES string of the molecule is C=C(CC)C(CC)C(C)NC. The van der Waals surface area contributed by atoms with E-state index in [4.69, 9.17) is 0 Å². The Morgan fingerprint density at radius 3 is 2.27 bits per heavy atom. The van der Waals surface area contributed by atoms with Crippen LogP contribution < -0.4 is 5.32 Å². The first kappa shape index (κ1) is 10.7. The molecule has 0 aromatic rings. The molecule has 2 unspecified atom stereocenters. The molecule has 0 aromatic heterocycles. The Labute approximate surface area is 70.9 Å². The van der Waals surface area contributed by atoms with Crippen molar-refractivity contribution in [3.8, 4) is 0 Å². The zero-order valence-electron chi connectivity index (χ0n) is 8.28. The molecule has 1 nitrogen and oxygen atoms in total. The Bertz CT molecular complexity index is 118. The van der Waals surface area contributed by atoms with Gasteiger partial charge in [-0.25, -0.2) is 0 Å². The Balaban J connectivity index is 4.03. The zero-order chi connectivity index (χ0) is 8.85. The van der Waals surface area contributed by atoms with Gasteiger partial charge in [-0.1, -0.05) is 26.0 Å². The average molecular weight is 155 g/mol. The van der Waals surface area contributed by atoms with Gasteiger partial charge in [0.1, 0.15) is 0 Å². The lowest BCUT2D eigenvalue weighted by Gasteiger charge is -2.23. The minimum atomic E-state index is 0.562. The van der Waals surface area contributed by atoms with E-state index in [9.17, 15) is 0 Å². The number of nitrogens with one attached hydrogen (secondary N) is 1. The fourth-order valence-electron chi connectivity index (χ4n) is 1.46. The molecule has 0 radical (unpaired) electrons. The smallest absolute Gasteiger partial charge is 0.0101 e. The highest BCUT2D eigenvalue weighted by Gasteiger charge is 2.14. The molecule has 0 saturated heterocycles. The number of hydrogen-bond donors (Lipinski definition) is 1. The number of rotatable bonds is 5. The van der Waals surface area contributed by atoms with Crippen molar-refractivity contribution in [1.29, 1.82) is 0 Å². The summed E-state index contributed by atoms with van der Waals surface area (Å²) >= 11 is 0. The summed E-state index contributed by atoms with van der Waals surface area (Å²) in [7, 11) is 2.01. The van der Waals surface area contributed by atoms with Crippen LogP contribution in [0.25, 0.3) is 0 Å². The summed E-state index contributed by atoms with van der Waals surface area (Å²) in [6, 6.07) is 0.562. The summed E-state index contributed by atoms with van der Waals surface area (Å²) < 4.78 is 0. The van der Waals surface area contributed by atoms with Crippen LogP contribution in [0.1, 0.15) is 33.6 Å². The molecule has 2 atom stereocenters. The summed E-state index contributed by atoms with van der Waals surface area (Å²) in [6.45, 7) is 10.7. The quantitative estimate of drug-likeness (QED) is 0.602. The topological polar surface area (TPSA) is 12.0 Å². The minimum Gasteiger partial charge on any atom is -0.317 e. The molecule has 0 aliphatic heterocycles. The molecule has 0 saturated carbocycles. The molecule has 11 heavy (non-hydrogen) atoms. The van der Waals surface area contributed by atoms with Gasteiger partial charge in [-0.2, -0.15) is 0 Å². The predicted octanol–water partition coefficient (Wildman–Crippen LogP) is 2.59. The van der Waals surface area contributed by atoms with Crippen molar-refractivity contribution < 1.29 is 0 Å². The summed E-state index contributed by atoms with van der Waals surface area (Å²) in [5.41, 5.74) is 1.37. The summed E-state index contributed by atoms with van der Waals surface area (Å²) in [5.74, 6) is 0.644. The highest BCUT2D eigenvalue weighted by atomic mass is 14.9. The maximum atomic E-state index is 4.07. The Morgan fingerprint density at radius 1 is 1.45 bits per heavy atom. The van der Waals surface area contributed by atoms with Gasteiger partial charge in [-0.15, -0.1) is 0 Å². The second-order valence-electron chi connectivity index (χ2n) is 3.10. The first-order valence-corrected chi connectivity index (χ1v) is 4.52. The van der Waals surface area contributed by atoms with Gasteiger partial charge in [0, 0.05) is 6.04 Å². The van der Waals surface area contributed by atoms with Gasteiger partial charge in [0.2, 0.25) is 0 Å². The summed E-state index contributed by atoms with van der Waals surface area (Å²) in [6.07, 6.45) is 2.29. The first-order valence-electron chi connectivity index (χ1n) is 4.52. The standard InChI is InChI=1S/C10H21N/c1-6-8(3)10(7-2)9(4)11-5/h9-11H,3,6-7H2,1-2,4-5H3. The van der Waals surface area contributed by atoms with E-state index in [-0.39, 0.29) is 0 Å². The minimum absolute atomic E-state index is 0.562. The fraction of sp³-hybridized carbons (Fsp3) is 0.800. The molecule has 66 valence electrons. The second-order valence-corrected chi connectivity index (χ2v) is 3.10. The highest BCUT2D eigenvalue weighted by molar-refractivity contribution is 5.02. The molecule has 0 bridgehead atoms. The van der Waals surface area contributed by atoms with Crippen molar-refractivity contribution in [2.24, 2.45) is 5.92 Å². The van der Waals surface area contributed by atoms with E-state index in [1.54, 1.807) is 0 Å². The van der Waals surface area contributed by atoms with Crippen LogP contribution >= 0.6 is 0 Å². The molecule has 1 N–H and O–H groups in total. The van der Waals surface area contributed by atoms with E-state index in [2.05, 4.69) is 32.7 Å². The lowest BCUT2D eigenvalue weighted by atomic mass is 9.89. The van der Waals surface area contributed by atoms with Gasteiger partial charge in [-0.3, -0.25) is 0 Å². The lowest BCUT2D eigenvalue weighted by Crippen LogP contribution is -2.30. The Kier molecular flexibility index (Phi) is 5.22. The van der Waals surface area contributed by atoms with Crippen LogP contribution in [0.4, 0.5) is 0 Å². The zero-order valence-corrected chi connectivity index (χ0v) is 8.28. The Hall–Kier alpha value is -0.300. The van der Waals surface area contributed by atoms with Gasteiger partial charge in [-0.05, 0) is 32.7 Å². The van der Waals surface area contributed by atoms with E-state index in [1.165, 1.54) is 12.0 Å². The van der Waals surface area contributed by atoms with Gasteiger partial charge >= 0.3 is 0 Å². The maximum Gasteiger partial charge on any atom is 0.0101 e. The van der Waals surface area contributed by atoms with E-state index in [0.717, 1.165) is 6.42 Å². The van der Waals surface area contributed by atoms with Crippen LogP contribution in [0, 0.1) is 5.92 Å². The summed E-state index contributed by atoms with van der Waals surface area (Å²) in [4.78, 5) is 0. The molecule has 0 rings (SSSR count). The molecule has 0 fully saturated rings. The van der Waals surface area contributed by atoms with Crippen molar-refractivity contribution >= 4 is 0 Å². The molecule has 0 heterocycles. The van der Waals surface area contributed by atoms with Gasteiger partial charge in [0.05, 0.1) is 0 Å². The van der Waals surface area contributed by atoms with Crippen LogP contribution in [0.5, 0.6) is 0 Å². The van der Waals surface area contributed by atoms with Gasteiger partial charge < -0.3 is 5.32 Å². The largest absolute Gasteiger partial charge is 0.317 e. The molecule has 0 aromatic carbocycles. The molecular weight excluding hydrogens is 134 g/mol. The van der Waals surface area contributed by atoms with Crippen molar-refractivity contribution in [2.45, 2.75) is 39.7 Å². The summed E-state index contributed by atoms with van der Waals surface area (Å²) in [5, 5.41) is 3.27. The predicted molar refractivity (Wildman–Crippen MR) is 51.7 cm³/mol. The van der Waals surface area contributed by atoms with Crippen molar-refractivity contribution in [2.75, 3.05) is 7.05 Å². The normalized spacial score (nSPS) is 16.0. The van der Waals surface area contributed by atoms with Crippen molar-refractivity contribution in [3.63, 3.8) is 0 Å². The fourth-order valence-corrected chi connectivity index (χ4v) is 1.46. The first-order chi connectivity index (χ1) is 5.17. The third-order valence-electron chi connectivity index (χ3n) is 2.48. The molecule has 0 aliphatic carbocycles. The van der Waals surface area contributed by atoms with Crippen LogP contribution in [-0.2, 0) is 0 Å². The molecule has 0 aliphatic rings. The molecule has 0 amide bonds. The maximum absolute atomic E-state index is 4.07. The van der Waals surface area contributed by atoms with E-state index in [0.29, 0.717) is 12.0 Å².